The van der Waals surface area contributed by atoms with E-state index in [1.54, 1.807) is 24.3 Å². The Kier molecular flexibility index (Phi) is 9.20. The lowest BCUT2D eigenvalue weighted by atomic mass is 10.1. The summed E-state index contributed by atoms with van der Waals surface area (Å²) in [7, 11) is 1.43. The van der Waals surface area contributed by atoms with Crippen molar-refractivity contribution in [3.63, 3.8) is 0 Å². The first-order chi connectivity index (χ1) is 17.2. The molecule has 1 amide bonds. The maximum absolute atomic E-state index is 12.6. The highest BCUT2D eigenvalue weighted by Gasteiger charge is 2.21. The van der Waals surface area contributed by atoms with Gasteiger partial charge in [-0.25, -0.2) is 4.79 Å². The van der Waals surface area contributed by atoms with Crippen molar-refractivity contribution in [2.75, 3.05) is 35.7 Å². The summed E-state index contributed by atoms with van der Waals surface area (Å²) in [5, 5.41) is 15.6. The molecule has 13 heteroatoms. The van der Waals surface area contributed by atoms with Gasteiger partial charge in [0.1, 0.15) is 6.04 Å². The normalized spacial score (nSPS) is 11.5. The van der Waals surface area contributed by atoms with Gasteiger partial charge in [-0.3, -0.25) is 9.78 Å². The largest absolute Gasteiger partial charge is 0.480 e. The van der Waals surface area contributed by atoms with E-state index in [4.69, 9.17) is 27.9 Å². The third-order valence-corrected chi connectivity index (χ3v) is 5.74. The Morgan fingerprint density at radius 1 is 1.06 bits per heavy atom. The molecule has 1 atom stereocenters. The van der Waals surface area contributed by atoms with E-state index in [0.717, 1.165) is 0 Å². The second kappa shape index (κ2) is 12.3. The molecule has 2 aromatic heterocycles. The van der Waals surface area contributed by atoms with Crippen molar-refractivity contribution in [2.45, 2.75) is 26.3 Å². The number of carbonyl (C=O) groups excluding carboxylic acids is 1. The predicted octanol–water partition coefficient (Wildman–Crippen LogP) is 3.79. The summed E-state index contributed by atoms with van der Waals surface area (Å²) < 4.78 is 5.16. The third-order valence-electron chi connectivity index (χ3n) is 5.17. The number of anilines is 3. The highest BCUT2D eigenvalue weighted by Crippen LogP contribution is 2.24. The fraction of sp³-hybridized carbons (Fsp3) is 0.304. The molecule has 0 fully saturated rings. The standard InChI is InChI=1S/C23H25Cl2N7O4/c1-4-32(5-2)22-29-21(30-23(31-22)36-3)28-17(20(34)35)10-13-6-8-14(9-7-13)27-19(33)18-15(24)11-26-12-16(18)25/h6-9,11-12,17H,4-5,10H2,1-3H3,(H,27,33)(H,34,35)(H,28,29,30,31)/t17-/m0/s1. The van der Waals surface area contributed by atoms with Crippen LogP contribution in [0.2, 0.25) is 10.0 Å². The zero-order valence-electron chi connectivity index (χ0n) is 19.8. The Morgan fingerprint density at radius 2 is 1.69 bits per heavy atom. The van der Waals surface area contributed by atoms with Gasteiger partial charge >= 0.3 is 12.0 Å². The van der Waals surface area contributed by atoms with Crippen molar-refractivity contribution in [2.24, 2.45) is 0 Å². The molecule has 0 spiro atoms. The Bertz CT molecular complexity index is 1200. The van der Waals surface area contributed by atoms with E-state index >= 15 is 0 Å². The fourth-order valence-electron chi connectivity index (χ4n) is 3.29. The number of halogens is 2. The summed E-state index contributed by atoms with van der Waals surface area (Å²) in [5.74, 6) is -1.10. The van der Waals surface area contributed by atoms with E-state index < -0.39 is 17.9 Å². The quantitative estimate of drug-likeness (QED) is 0.333. The van der Waals surface area contributed by atoms with E-state index in [-0.39, 0.29) is 34.0 Å². The molecule has 3 aromatic rings. The van der Waals surface area contributed by atoms with Gasteiger partial charge in [0.2, 0.25) is 11.9 Å². The van der Waals surface area contributed by atoms with Crippen molar-refractivity contribution in [3.05, 3.63) is 57.8 Å². The van der Waals surface area contributed by atoms with Crippen LogP contribution in [0.5, 0.6) is 6.01 Å². The molecule has 0 aliphatic carbocycles. The lowest BCUT2D eigenvalue weighted by Gasteiger charge is -2.20. The Labute approximate surface area is 217 Å². The molecule has 0 aliphatic heterocycles. The number of aromatic nitrogens is 4. The van der Waals surface area contributed by atoms with Crippen LogP contribution in [0, 0.1) is 0 Å². The molecular weight excluding hydrogens is 509 g/mol. The number of ether oxygens (including phenoxy) is 1. The summed E-state index contributed by atoms with van der Waals surface area (Å²) >= 11 is 12.1. The second-order valence-corrected chi connectivity index (χ2v) is 8.30. The third kappa shape index (κ3) is 6.70. The van der Waals surface area contributed by atoms with E-state index in [2.05, 4.69) is 30.6 Å². The summed E-state index contributed by atoms with van der Waals surface area (Å²) in [5.41, 5.74) is 1.31. The number of benzene rings is 1. The first-order valence-electron chi connectivity index (χ1n) is 11.0. The number of rotatable bonds is 11. The summed E-state index contributed by atoms with van der Waals surface area (Å²) in [6.45, 7) is 5.24. The van der Waals surface area contributed by atoms with Gasteiger partial charge in [0, 0.05) is 37.6 Å². The van der Waals surface area contributed by atoms with Gasteiger partial charge in [-0.15, -0.1) is 0 Å². The molecule has 0 bridgehead atoms. The number of carbonyl (C=O) groups is 2. The average molecular weight is 534 g/mol. The van der Waals surface area contributed by atoms with Gasteiger partial charge in [-0.2, -0.15) is 15.0 Å². The van der Waals surface area contributed by atoms with E-state index in [0.29, 0.717) is 30.3 Å². The van der Waals surface area contributed by atoms with Gasteiger partial charge in [0.15, 0.2) is 0 Å². The Hall–Kier alpha value is -3.70. The molecule has 0 unspecified atom stereocenters. The number of carboxylic acid groups (broad SMARTS) is 1. The van der Waals surface area contributed by atoms with Crippen LogP contribution in [0.4, 0.5) is 17.6 Å². The van der Waals surface area contributed by atoms with Crippen LogP contribution in [0.3, 0.4) is 0 Å². The Balaban J connectivity index is 1.73. The molecule has 11 nitrogen and oxygen atoms in total. The number of nitrogens with one attached hydrogen (secondary N) is 2. The topological polar surface area (TPSA) is 142 Å². The van der Waals surface area contributed by atoms with Crippen LogP contribution < -0.4 is 20.3 Å². The number of pyridine rings is 1. The number of nitrogens with zero attached hydrogens (tertiary/aromatic N) is 5. The molecule has 2 heterocycles. The predicted molar refractivity (Wildman–Crippen MR) is 137 cm³/mol. The second-order valence-electron chi connectivity index (χ2n) is 7.49. The van der Waals surface area contributed by atoms with E-state index in [1.165, 1.54) is 19.5 Å². The van der Waals surface area contributed by atoms with E-state index in [9.17, 15) is 14.7 Å². The highest BCUT2D eigenvalue weighted by atomic mass is 35.5. The maximum atomic E-state index is 12.6. The molecule has 0 aliphatic rings. The Morgan fingerprint density at radius 3 is 2.25 bits per heavy atom. The maximum Gasteiger partial charge on any atom is 0.326 e. The van der Waals surface area contributed by atoms with Crippen LogP contribution in [0.1, 0.15) is 29.8 Å². The van der Waals surface area contributed by atoms with Crippen LogP contribution in [-0.2, 0) is 11.2 Å². The van der Waals surface area contributed by atoms with Crippen LogP contribution >= 0.6 is 23.2 Å². The number of hydrogen-bond donors (Lipinski definition) is 3. The molecule has 0 radical (unpaired) electrons. The molecule has 1 aromatic carbocycles. The van der Waals surface area contributed by atoms with Crippen molar-refractivity contribution in [1.29, 1.82) is 0 Å². The van der Waals surface area contributed by atoms with Crippen LogP contribution in [0.25, 0.3) is 0 Å². The van der Waals surface area contributed by atoms with Gasteiger partial charge < -0.3 is 25.4 Å². The van der Waals surface area contributed by atoms with Gasteiger partial charge in [0.05, 0.1) is 22.7 Å². The minimum atomic E-state index is -1.09. The molecule has 0 saturated heterocycles. The lowest BCUT2D eigenvalue weighted by molar-refractivity contribution is -0.137. The molecule has 3 rings (SSSR count). The first kappa shape index (κ1) is 26.9. The number of methoxy groups -OCH3 is 1. The summed E-state index contributed by atoms with van der Waals surface area (Å²) in [6.07, 6.45) is 2.79. The molecular formula is C23H25Cl2N7O4. The lowest BCUT2D eigenvalue weighted by Crippen LogP contribution is -2.33. The van der Waals surface area contributed by atoms with Gasteiger partial charge in [0.25, 0.3) is 5.91 Å². The molecule has 3 N–H and O–H groups in total. The zero-order chi connectivity index (χ0) is 26.2. The van der Waals surface area contributed by atoms with Crippen molar-refractivity contribution >= 4 is 52.7 Å². The number of hydrogen-bond acceptors (Lipinski definition) is 9. The van der Waals surface area contributed by atoms with E-state index in [1.807, 2.05) is 18.7 Å². The van der Waals surface area contributed by atoms with Crippen molar-refractivity contribution in [3.8, 4) is 6.01 Å². The zero-order valence-corrected chi connectivity index (χ0v) is 21.3. The number of amides is 1. The summed E-state index contributed by atoms with van der Waals surface area (Å²) in [4.78, 5) is 43.0. The monoisotopic (exact) mass is 533 g/mol. The summed E-state index contributed by atoms with van der Waals surface area (Å²) in [6, 6.07) is 5.76. The fourth-order valence-corrected chi connectivity index (χ4v) is 3.82. The minimum absolute atomic E-state index is 0.0769. The molecule has 0 saturated carbocycles. The number of aliphatic carboxylic acids is 1. The molecule has 190 valence electrons. The SMILES string of the molecule is CCN(CC)c1nc(N[C@@H](Cc2ccc(NC(=O)c3c(Cl)cncc3Cl)cc2)C(=O)O)nc(OC)n1. The molecule has 36 heavy (non-hydrogen) atoms. The number of carboxylic acids is 1. The van der Waals surface area contributed by atoms with Crippen molar-refractivity contribution in [1.82, 2.24) is 19.9 Å². The van der Waals surface area contributed by atoms with Crippen molar-refractivity contribution < 1.29 is 19.4 Å². The smallest absolute Gasteiger partial charge is 0.326 e. The average Bonchev–Trinajstić information content (AvgIpc) is 2.85. The minimum Gasteiger partial charge on any atom is -0.480 e. The van der Waals surface area contributed by atoms with Crippen LogP contribution in [-0.4, -0.2) is 63.2 Å². The van der Waals surface area contributed by atoms with Gasteiger partial charge in [-0.05, 0) is 31.5 Å². The highest BCUT2D eigenvalue weighted by molar-refractivity contribution is 6.40. The van der Waals surface area contributed by atoms with Gasteiger partial charge in [-0.1, -0.05) is 35.3 Å². The van der Waals surface area contributed by atoms with Crippen LogP contribution in [0.15, 0.2) is 36.7 Å². The first-order valence-corrected chi connectivity index (χ1v) is 11.7.